The van der Waals surface area contributed by atoms with Crippen molar-refractivity contribution in [3.8, 4) is 0 Å². The van der Waals surface area contributed by atoms with Crippen LogP contribution in [0.1, 0.15) is 16.9 Å². The summed E-state index contributed by atoms with van der Waals surface area (Å²) >= 11 is 0. The highest BCUT2D eigenvalue weighted by Gasteiger charge is 2.37. The van der Waals surface area contributed by atoms with Crippen LogP contribution in [0, 0.1) is 0 Å². The van der Waals surface area contributed by atoms with Gasteiger partial charge in [-0.3, -0.25) is 9.89 Å². The van der Waals surface area contributed by atoms with Crippen molar-refractivity contribution in [1.82, 2.24) is 20.4 Å². The van der Waals surface area contributed by atoms with E-state index in [9.17, 15) is 15.0 Å². The zero-order chi connectivity index (χ0) is 14.7. The highest BCUT2D eigenvalue weighted by atomic mass is 16.6. The molecule has 2 heterocycles. The molecule has 4 N–H and O–H groups in total. The lowest BCUT2D eigenvalue weighted by molar-refractivity contribution is -0.232. The number of H-pyrrole nitrogens is 1. The Hall–Kier alpha value is -1.48. The molecule has 0 radical (unpaired) electrons. The van der Waals surface area contributed by atoms with Gasteiger partial charge in [-0.1, -0.05) is 0 Å². The van der Waals surface area contributed by atoms with E-state index in [-0.39, 0.29) is 24.6 Å². The second-order valence-corrected chi connectivity index (χ2v) is 5.08. The Labute approximate surface area is 116 Å². The lowest BCUT2D eigenvalue weighted by Gasteiger charge is -2.40. The van der Waals surface area contributed by atoms with Crippen molar-refractivity contribution in [2.24, 2.45) is 0 Å². The highest BCUT2D eigenvalue weighted by molar-refractivity contribution is 5.92. The summed E-state index contributed by atoms with van der Waals surface area (Å²) in [4.78, 5) is 13.6. The normalized spacial score (nSPS) is 30.4. The van der Waals surface area contributed by atoms with Crippen LogP contribution in [0.15, 0.2) is 12.3 Å². The molecule has 3 unspecified atom stereocenters. The minimum atomic E-state index is -1.25. The third-order valence-corrected chi connectivity index (χ3v) is 3.41. The van der Waals surface area contributed by atoms with E-state index >= 15 is 0 Å². The number of rotatable bonds is 4. The fourth-order valence-corrected chi connectivity index (χ4v) is 2.26. The van der Waals surface area contributed by atoms with Gasteiger partial charge in [0.2, 0.25) is 0 Å². The number of aliphatic hydroxyl groups excluding tert-OH is 2. The van der Waals surface area contributed by atoms with E-state index in [4.69, 9.17) is 4.74 Å². The summed E-state index contributed by atoms with van der Waals surface area (Å²) in [5.74, 6) is -0.308. The first-order valence-corrected chi connectivity index (χ1v) is 6.45. The molecule has 1 aliphatic rings. The summed E-state index contributed by atoms with van der Waals surface area (Å²) in [5, 5.41) is 28.6. The topological polar surface area (TPSA) is 111 Å². The zero-order valence-corrected chi connectivity index (χ0v) is 11.5. The summed E-state index contributed by atoms with van der Waals surface area (Å²) in [6.07, 6.45) is -0.476. The van der Waals surface area contributed by atoms with E-state index in [1.807, 2.05) is 19.0 Å². The molecule has 1 saturated heterocycles. The molecule has 1 aromatic rings. The maximum Gasteiger partial charge on any atom is 0.271 e. The van der Waals surface area contributed by atoms with Crippen molar-refractivity contribution < 1.29 is 19.7 Å². The molecule has 0 aromatic carbocycles. The van der Waals surface area contributed by atoms with Crippen molar-refractivity contribution in [2.75, 3.05) is 20.6 Å². The summed E-state index contributed by atoms with van der Waals surface area (Å²) in [6.45, 7) is 0.250. The predicted octanol–water partition coefficient (Wildman–Crippen LogP) is -1.46. The number of aliphatic hydroxyl groups is 2. The SMILES string of the molecule is CN(C)C1CC(CNC(=O)c2cc[nH]n2)O[C@@H](O)C1O. The van der Waals surface area contributed by atoms with Crippen molar-refractivity contribution in [3.63, 3.8) is 0 Å². The summed E-state index contributed by atoms with van der Waals surface area (Å²) in [7, 11) is 3.65. The average molecular weight is 284 g/mol. The van der Waals surface area contributed by atoms with Crippen molar-refractivity contribution >= 4 is 5.91 Å². The first-order chi connectivity index (χ1) is 9.49. The van der Waals surface area contributed by atoms with Crippen LogP contribution >= 0.6 is 0 Å². The Balaban J connectivity index is 1.88. The molecule has 1 fully saturated rings. The molecule has 1 aromatic heterocycles. The van der Waals surface area contributed by atoms with Gasteiger partial charge < -0.3 is 25.2 Å². The molecule has 0 saturated carbocycles. The fraction of sp³-hybridized carbons (Fsp3) is 0.667. The largest absolute Gasteiger partial charge is 0.386 e. The maximum atomic E-state index is 11.7. The van der Waals surface area contributed by atoms with E-state index in [1.165, 1.54) is 0 Å². The number of carbonyl (C=O) groups excluding carboxylic acids is 1. The fourth-order valence-electron chi connectivity index (χ4n) is 2.26. The molecule has 1 aliphatic heterocycles. The van der Waals surface area contributed by atoms with Crippen LogP contribution in [0.4, 0.5) is 0 Å². The Morgan fingerprint density at radius 3 is 2.95 bits per heavy atom. The van der Waals surface area contributed by atoms with Crippen LogP contribution in [0.3, 0.4) is 0 Å². The van der Waals surface area contributed by atoms with Gasteiger partial charge in [-0.2, -0.15) is 5.10 Å². The monoisotopic (exact) mass is 284 g/mol. The molecular formula is C12H20N4O4. The predicted molar refractivity (Wildman–Crippen MR) is 69.9 cm³/mol. The number of ether oxygens (including phenoxy) is 1. The third kappa shape index (κ3) is 3.34. The standard InChI is InChI=1S/C12H20N4O4/c1-16(2)9-5-7(20-12(19)10(9)17)6-13-11(18)8-3-4-14-15-8/h3-4,7,9-10,12,17,19H,5-6H2,1-2H3,(H,13,18)(H,14,15)/t7?,9?,10?,12-/m1/s1. The number of amides is 1. The molecule has 8 nitrogen and oxygen atoms in total. The number of nitrogens with zero attached hydrogens (tertiary/aromatic N) is 2. The van der Waals surface area contributed by atoms with Gasteiger partial charge in [0.15, 0.2) is 6.29 Å². The lowest BCUT2D eigenvalue weighted by atomic mass is 9.98. The second kappa shape index (κ2) is 6.31. The Morgan fingerprint density at radius 2 is 2.35 bits per heavy atom. The molecule has 0 bridgehead atoms. The number of hydrogen-bond acceptors (Lipinski definition) is 6. The quantitative estimate of drug-likeness (QED) is 0.538. The van der Waals surface area contributed by atoms with Crippen LogP contribution in [0.2, 0.25) is 0 Å². The van der Waals surface area contributed by atoms with Crippen molar-refractivity contribution in [2.45, 2.75) is 31.0 Å². The van der Waals surface area contributed by atoms with Gasteiger partial charge in [-0.15, -0.1) is 0 Å². The van der Waals surface area contributed by atoms with Crippen LogP contribution in [0.25, 0.3) is 0 Å². The van der Waals surface area contributed by atoms with E-state index in [2.05, 4.69) is 15.5 Å². The van der Waals surface area contributed by atoms with Crippen LogP contribution in [0.5, 0.6) is 0 Å². The van der Waals surface area contributed by atoms with Crippen molar-refractivity contribution in [1.29, 1.82) is 0 Å². The summed E-state index contributed by atoms with van der Waals surface area (Å²) in [5.41, 5.74) is 0.297. The van der Waals surface area contributed by atoms with Crippen molar-refractivity contribution in [3.05, 3.63) is 18.0 Å². The molecule has 2 rings (SSSR count). The Bertz CT molecular complexity index is 437. The molecule has 0 spiro atoms. The van der Waals surface area contributed by atoms with Crippen LogP contribution < -0.4 is 5.32 Å². The molecule has 8 heteroatoms. The van der Waals surface area contributed by atoms with Gasteiger partial charge in [-0.05, 0) is 26.6 Å². The molecule has 0 aliphatic carbocycles. The first kappa shape index (κ1) is 14.9. The maximum absolute atomic E-state index is 11.7. The number of aromatic amines is 1. The molecular weight excluding hydrogens is 264 g/mol. The minimum Gasteiger partial charge on any atom is -0.386 e. The molecule has 4 atom stereocenters. The number of aromatic nitrogens is 2. The van der Waals surface area contributed by atoms with E-state index in [0.29, 0.717) is 12.1 Å². The van der Waals surface area contributed by atoms with Gasteiger partial charge in [0.05, 0.1) is 6.10 Å². The number of nitrogens with one attached hydrogen (secondary N) is 2. The van der Waals surface area contributed by atoms with Gasteiger partial charge in [0, 0.05) is 18.8 Å². The number of hydrogen-bond donors (Lipinski definition) is 4. The lowest BCUT2D eigenvalue weighted by Crippen LogP contribution is -2.55. The highest BCUT2D eigenvalue weighted by Crippen LogP contribution is 2.21. The van der Waals surface area contributed by atoms with E-state index < -0.39 is 12.4 Å². The number of carbonyl (C=O) groups is 1. The third-order valence-electron chi connectivity index (χ3n) is 3.41. The molecule has 1 amide bonds. The summed E-state index contributed by atoms with van der Waals surface area (Å²) in [6, 6.07) is 1.35. The average Bonchev–Trinajstić information content (AvgIpc) is 2.93. The van der Waals surface area contributed by atoms with Crippen LogP contribution in [-0.4, -0.2) is 76.4 Å². The Morgan fingerprint density at radius 1 is 1.60 bits per heavy atom. The van der Waals surface area contributed by atoms with E-state index in [0.717, 1.165) is 0 Å². The second-order valence-electron chi connectivity index (χ2n) is 5.08. The zero-order valence-electron chi connectivity index (χ0n) is 11.5. The molecule has 112 valence electrons. The van der Waals surface area contributed by atoms with Gasteiger partial charge >= 0.3 is 0 Å². The summed E-state index contributed by atoms with van der Waals surface area (Å²) < 4.78 is 5.28. The van der Waals surface area contributed by atoms with Gasteiger partial charge in [0.25, 0.3) is 5.91 Å². The van der Waals surface area contributed by atoms with Gasteiger partial charge in [-0.25, -0.2) is 0 Å². The first-order valence-electron chi connectivity index (χ1n) is 6.45. The van der Waals surface area contributed by atoms with E-state index in [1.54, 1.807) is 12.3 Å². The Kier molecular flexibility index (Phi) is 4.71. The number of likely N-dealkylation sites (N-methyl/N-ethyl adjacent to an activating group) is 1. The smallest absolute Gasteiger partial charge is 0.271 e. The van der Waals surface area contributed by atoms with Crippen LogP contribution in [-0.2, 0) is 4.74 Å². The minimum absolute atomic E-state index is 0.217. The molecule has 20 heavy (non-hydrogen) atoms. The van der Waals surface area contributed by atoms with Gasteiger partial charge in [0.1, 0.15) is 11.8 Å².